The first-order valence-electron chi connectivity index (χ1n) is 9.26. The van der Waals surface area contributed by atoms with Gasteiger partial charge in [0.05, 0.1) is 6.54 Å². The van der Waals surface area contributed by atoms with Crippen LogP contribution in [-0.2, 0) is 6.54 Å². The van der Waals surface area contributed by atoms with Crippen LogP contribution in [0.2, 0.25) is 0 Å². The molecule has 3 heterocycles. The quantitative estimate of drug-likeness (QED) is 0.578. The zero-order chi connectivity index (χ0) is 20.0. The maximum atomic E-state index is 13.1. The molecule has 1 aliphatic rings. The summed E-state index contributed by atoms with van der Waals surface area (Å²) in [5.74, 6) is 1.83. The molecule has 0 bridgehead atoms. The van der Waals surface area contributed by atoms with E-state index in [-0.39, 0.29) is 12.5 Å². The minimum Gasteiger partial charge on any atom is -0.454 e. The Hall–Kier alpha value is -3.81. The second kappa shape index (κ2) is 6.66. The summed E-state index contributed by atoms with van der Waals surface area (Å²) in [7, 11) is 0. The van der Waals surface area contributed by atoms with Crippen molar-refractivity contribution < 1.29 is 9.47 Å². The van der Waals surface area contributed by atoms with E-state index < -0.39 is 0 Å². The molecule has 5 rings (SSSR count). The Bertz CT molecular complexity index is 1290. The van der Waals surface area contributed by atoms with Gasteiger partial charge < -0.3 is 14.8 Å². The van der Waals surface area contributed by atoms with Crippen molar-refractivity contribution in [2.24, 2.45) is 0 Å². The van der Waals surface area contributed by atoms with Gasteiger partial charge in [-0.05, 0) is 49.2 Å². The molecular formula is C21H19N5O3. The van der Waals surface area contributed by atoms with Crippen molar-refractivity contribution in [3.63, 3.8) is 0 Å². The van der Waals surface area contributed by atoms with Crippen molar-refractivity contribution in [3.05, 3.63) is 75.8 Å². The van der Waals surface area contributed by atoms with Gasteiger partial charge >= 0.3 is 5.69 Å². The lowest BCUT2D eigenvalue weighted by Crippen LogP contribution is -2.23. The van der Waals surface area contributed by atoms with Crippen LogP contribution in [0.15, 0.2) is 53.3 Å². The summed E-state index contributed by atoms with van der Waals surface area (Å²) < 4.78 is 13.7. The standard InChI is InChI=1S/C21H19N5O3/c1-13-4-3-5-16(8-13)23-20-22-14(2)9-19-24-25(21(27)26(19)20)11-15-6-7-17-18(10-15)29-12-28-17/h3-10H,11-12H2,1-2H3,(H,22,23). The molecule has 146 valence electrons. The monoisotopic (exact) mass is 389 g/mol. The summed E-state index contributed by atoms with van der Waals surface area (Å²) in [5.41, 5.74) is 3.92. The van der Waals surface area contributed by atoms with Gasteiger partial charge in [-0.1, -0.05) is 18.2 Å². The van der Waals surface area contributed by atoms with E-state index in [0.29, 0.717) is 29.6 Å². The smallest absolute Gasteiger partial charge is 0.353 e. The maximum absolute atomic E-state index is 13.1. The van der Waals surface area contributed by atoms with Gasteiger partial charge in [0.1, 0.15) is 0 Å². The SMILES string of the molecule is Cc1cccc(Nc2nc(C)cc3nn(Cc4ccc5c(c4)OCO5)c(=O)n23)c1. The first-order valence-corrected chi connectivity index (χ1v) is 9.26. The third-order valence-corrected chi connectivity index (χ3v) is 4.74. The number of nitrogens with one attached hydrogen (secondary N) is 1. The van der Waals surface area contributed by atoms with Gasteiger partial charge in [-0.2, -0.15) is 0 Å². The van der Waals surface area contributed by atoms with Crippen molar-refractivity contribution in [2.75, 3.05) is 12.1 Å². The average molecular weight is 389 g/mol. The van der Waals surface area contributed by atoms with Gasteiger partial charge in [0.25, 0.3) is 0 Å². The number of benzene rings is 2. The Labute approximate surface area is 166 Å². The molecule has 0 amide bonds. The van der Waals surface area contributed by atoms with Crippen LogP contribution >= 0.6 is 0 Å². The molecule has 0 saturated heterocycles. The lowest BCUT2D eigenvalue weighted by Gasteiger charge is -2.08. The van der Waals surface area contributed by atoms with E-state index in [2.05, 4.69) is 15.4 Å². The van der Waals surface area contributed by atoms with Crippen molar-refractivity contribution in [1.82, 2.24) is 19.2 Å². The molecule has 2 aromatic carbocycles. The molecule has 0 unspecified atom stereocenters. The number of ether oxygens (including phenoxy) is 2. The van der Waals surface area contributed by atoms with Crippen molar-refractivity contribution in [2.45, 2.75) is 20.4 Å². The van der Waals surface area contributed by atoms with Crippen molar-refractivity contribution >= 4 is 17.3 Å². The van der Waals surface area contributed by atoms with Crippen LogP contribution in [0.1, 0.15) is 16.8 Å². The summed E-state index contributed by atoms with van der Waals surface area (Å²) in [5, 5.41) is 7.74. The molecule has 8 nitrogen and oxygen atoms in total. The van der Waals surface area contributed by atoms with E-state index >= 15 is 0 Å². The first kappa shape index (κ1) is 17.3. The van der Waals surface area contributed by atoms with Crippen LogP contribution in [0, 0.1) is 13.8 Å². The molecule has 1 N–H and O–H groups in total. The molecule has 0 radical (unpaired) electrons. The van der Waals surface area contributed by atoms with E-state index in [9.17, 15) is 4.79 Å². The van der Waals surface area contributed by atoms with Crippen LogP contribution in [0.4, 0.5) is 11.6 Å². The minimum absolute atomic E-state index is 0.214. The van der Waals surface area contributed by atoms with E-state index in [1.54, 1.807) is 6.07 Å². The average Bonchev–Trinajstić information content (AvgIpc) is 3.26. The van der Waals surface area contributed by atoms with Crippen LogP contribution in [0.25, 0.3) is 5.65 Å². The van der Waals surface area contributed by atoms with E-state index in [4.69, 9.17) is 9.47 Å². The molecular weight excluding hydrogens is 370 g/mol. The predicted octanol–water partition coefficient (Wildman–Crippen LogP) is 3.03. The Balaban J connectivity index is 1.54. The van der Waals surface area contributed by atoms with E-state index in [1.807, 2.05) is 56.3 Å². The molecule has 0 saturated carbocycles. The molecule has 1 aliphatic heterocycles. The summed E-state index contributed by atoms with van der Waals surface area (Å²) >= 11 is 0. The largest absolute Gasteiger partial charge is 0.454 e. The molecule has 2 aromatic heterocycles. The molecule has 0 fully saturated rings. The van der Waals surface area contributed by atoms with Gasteiger partial charge in [0, 0.05) is 17.4 Å². The van der Waals surface area contributed by atoms with Crippen molar-refractivity contribution in [3.8, 4) is 11.5 Å². The van der Waals surface area contributed by atoms with E-state index in [1.165, 1.54) is 9.08 Å². The van der Waals surface area contributed by atoms with Gasteiger partial charge in [-0.3, -0.25) is 0 Å². The number of fused-ring (bicyclic) bond motifs is 2. The Morgan fingerprint density at radius 2 is 1.93 bits per heavy atom. The zero-order valence-electron chi connectivity index (χ0n) is 16.0. The highest BCUT2D eigenvalue weighted by molar-refractivity contribution is 5.57. The Morgan fingerprint density at radius 1 is 1.07 bits per heavy atom. The molecule has 8 heteroatoms. The molecule has 4 aromatic rings. The lowest BCUT2D eigenvalue weighted by molar-refractivity contribution is 0.174. The summed E-state index contributed by atoms with van der Waals surface area (Å²) in [6, 6.07) is 15.3. The fourth-order valence-corrected chi connectivity index (χ4v) is 3.40. The fraction of sp³-hybridized carbons (Fsp3) is 0.190. The van der Waals surface area contributed by atoms with Gasteiger partial charge in [0.2, 0.25) is 12.7 Å². The first-order chi connectivity index (χ1) is 14.1. The second-order valence-corrected chi connectivity index (χ2v) is 7.04. The highest BCUT2D eigenvalue weighted by Gasteiger charge is 2.16. The van der Waals surface area contributed by atoms with Crippen molar-refractivity contribution in [1.29, 1.82) is 0 Å². The van der Waals surface area contributed by atoms with Gasteiger partial charge in [-0.25, -0.2) is 18.9 Å². The number of hydrogen-bond acceptors (Lipinski definition) is 6. The second-order valence-electron chi connectivity index (χ2n) is 7.04. The Morgan fingerprint density at radius 3 is 2.79 bits per heavy atom. The predicted molar refractivity (Wildman–Crippen MR) is 108 cm³/mol. The number of hydrogen-bond donors (Lipinski definition) is 1. The molecule has 0 atom stereocenters. The third kappa shape index (κ3) is 3.18. The topological polar surface area (TPSA) is 82.7 Å². The summed E-state index contributed by atoms with van der Waals surface area (Å²) in [6.07, 6.45) is 0. The van der Waals surface area contributed by atoms with Gasteiger partial charge in [0.15, 0.2) is 17.1 Å². The molecule has 29 heavy (non-hydrogen) atoms. The fourth-order valence-electron chi connectivity index (χ4n) is 3.40. The highest BCUT2D eigenvalue weighted by atomic mass is 16.7. The lowest BCUT2D eigenvalue weighted by atomic mass is 10.2. The number of aryl methyl sites for hydroxylation is 2. The number of rotatable bonds is 4. The summed E-state index contributed by atoms with van der Waals surface area (Å²) in [4.78, 5) is 17.6. The molecule has 0 spiro atoms. The number of anilines is 2. The molecule has 0 aliphatic carbocycles. The van der Waals surface area contributed by atoms with Crippen LogP contribution in [0.5, 0.6) is 11.5 Å². The number of nitrogens with zero attached hydrogens (tertiary/aromatic N) is 4. The Kier molecular flexibility index (Phi) is 3.97. The van der Waals surface area contributed by atoms with Gasteiger partial charge in [-0.15, -0.1) is 5.10 Å². The normalized spacial score (nSPS) is 12.5. The maximum Gasteiger partial charge on any atom is 0.353 e. The van der Waals surface area contributed by atoms with E-state index in [0.717, 1.165) is 22.5 Å². The third-order valence-electron chi connectivity index (χ3n) is 4.74. The summed E-state index contributed by atoms with van der Waals surface area (Å²) in [6.45, 7) is 4.43. The van der Waals surface area contributed by atoms with Crippen LogP contribution in [0.3, 0.4) is 0 Å². The number of aromatic nitrogens is 4. The van der Waals surface area contributed by atoms with Crippen LogP contribution < -0.4 is 20.5 Å². The minimum atomic E-state index is -0.264. The highest BCUT2D eigenvalue weighted by Crippen LogP contribution is 2.32. The zero-order valence-corrected chi connectivity index (χ0v) is 16.0. The van der Waals surface area contributed by atoms with Crippen LogP contribution in [-0.4, -0.2) is 26.0 Å².